The van der Waals surface area contributed by atoms with Gasteiger partial charge in [0.25, 0.3) is 15.9 Å². The van der Waals surface area contributed by atoms with Crippen molar-refractivity contribution in [3.8, 4) is 0 Å². The van der Waals surface area contributed by atoms with Crippen molar-refractivity contribution in [3.05, 3.63) is 59.7 Å². The van der Waals surface area contributed by atoms with Crippen LogP contribution in [-0.2, 0) is 10.0 Å². The van der Waals surface area contributed by atoms with E-state index in [1.165, 1.54) is 12.1 Å². The molecule has 2 aromatic carbocycles. The summed E-state index contributed by atoms with van der Waals surface area (Å²) in [5.74, 6) is -0.145. The van der Waals surface area contributed by atoms with E-state index in [1.54, 1.807) is 29.2 Å². The van der Waals surface area contributed by atoms with Gasteiger partial charge in [0.2, 0.25) is 0 Å². The van der Waals surface area contributed by atoms with E-state index in [0.717, 1.165) is 18.7 Å². The summed E-state index contributed by atoms with van der Waals surface area (Å²) in [7, 11) is -3.75. The van der Waals surface area contributed by atoms with Crippen LogP contribution in [0.4, 0.5) is 5.69 Å². The van der Waals surface area contributed by atoms with E-state index in [4.69, 9.17) is 0 Å². The molecule has 6 nitrogen and oxygen atoms in total. The molecule has 1 aliphatic heterocycles. The summed E-state index contributed by atoms with van der Waals surface area (Å²) in [4.78, 5) is 14.4. The Bertz CT molecular complexity index is 864. The van der Waals surface area contributed by atoms with Crippen LogP contribution < -0.4 is 10.0 Å². The molecule has 0 saturated carbocycles. The Morgan fingerprint density at radius 3 is 2.38 bits per heavy atom. The number of piperazine rings is 1. The molecule has 2 aromatic rings. The quantitative estimate of drug-likeness (QED) is 0.832. The highest BCUT2D eigenvalue weighted by molar-refractivity contribution is 7.92. The van der Waals surface area contributed by atoms with Crippen molar-refractivity contribution in [2.24, 2.45) is 0 Å². The van der Waals surface area contributed by atoms with Gasteiger partial charge in [-0.2, -0.15) is 0 Å². The third-order valence-electron chi connectivity index (χ3n) is 4.10. The average molecular weight is 396 g/mol. The molecule has 0 aromatic heterocycles. The number of nitrogens with zero attached hydrogens (tertiary/aromatic N) is 1. The van der Waals surface area contributed by atoms with Crippen molar-refractivity contribution in [1.82, 2.24) is 10.2 Å². The third kappa shape index (κ3) is 4.75. The van der Waals surface area contributed by atoms with Gasteiger partial charge in [-0.25, -0.2) is 8.42 Å². The lowest BCUT2D eigenvalue weighted by molar-refractivity contribution is 0.0735. The molecule has 26 heavy (non-hydrogen) atoms. The SMILES string of the molecule is Cc1ccc(NS(=O)(=O)c2cccc(C(=O)N3CCNCC3)c2)cc1.Cl. The van der Waals surface area contributed by atoms with E-state index < -0.39 is 10.0 Å². The number of rotatable bonds is 4. The van der Waals surface area contributed by atoms with Crippen LogP contribution in [0.1, 0.15) is 15.9 Å². The maximum Gasteiger partial charge on any atom is 0.261 e. The molecule has 1 saturated heterocycles. The summed E-state index contributed by atoms with van der Waals surface area (Å²) in [6.07, 6.45) is 0. The molecule has 1 aliphatic rings. The highest BCUT2D eigenvalue weighted by Gasteiger charge is 2.21. The minimum absolute atomic E-state index is 0. The highest BCUT2D eigenvalue weighted by Crippen LogP contribution is 2.18. The topological polar surface area (TPSA) is 78.5 Å². The van der Waals surface area contributed by atoms with Crippen LogP contribution in [0.5, 0.6) is 0 Å². The minimum Gasteiger partial charge on any atom is -0.336 e. The van der Waals surface area contributed by atoms with Gasteiger partial charge in [0.05, 0.1) is 4.90 Å². The molecule has 3 rings (SSSR count). The molecule has 0 spiro atoms. The Kier molecular flexibility index (Phi) is 6.63. The van der Waals surface area contributed by atoms with Crippen LogP contribution in [0, 0.1) is 6.92 Å². The van der Waals surface area contributed by atoms with Crippen molar-refractivity contribution >= 4 is 34.0 Å². The molecular weight excluding hydrogens is 374 g/mol. The molecule has 0 radical (unpaired) electrons. The number of amides is 1. The normalized spacial score (nSPS) is 14.4. The fraction of sp³-hybridized carbons (Fsp3) is 0.278. The van der Waals surface area contributed by atoms with Crippen LogP contribution in [-0.4, -0.2) is 45.4 Å². The van der Waals surface area contributed by atoms with Gasteiger partial charge in [-0.05, 0) is 37.3 Å². The standard InChI is InChI=1S/C18H21N3O3S.ClH/c1-14-5-7-16(8-6-14)20-25(23,24)17-4-2-3-15(13-17)18(22)21-11-9-19-10-12-21;/h2-8,13,19-20H,9-12H2,1H3;1H. The van der Waals surface area contributed by atoms with Gasteiger partial charge in [-0.1, -0.05) is 23.8 Å². The lowest BCUT2D eigenvalue weighted by Crippen LogP contribution is -2.46. The van der Waals surface area contributed by atoms with Crippen molar-refractivity contribution in [2.75, 3.05) is 30.9 Å². The van der Waals surface area contributed by atoms with E-state index in [1.807, 2.05) is 19.1 Å². The van der Waals surface area contributed by atoms with E-state index in [2.05, 4.69) is 10.0 Å². The van der Waals surface area contributed by atoms with Crippen molar-refractivity contribution < 1.29 is 13.2 Å². The molecule has 0 unspecified atom stereocenters. The Balaban J connectivity index is 0.00000243. The number of benzene rings is 2. The maximum absolute atomic E-state index is 12.6. The third-order valence-corrected chi connectivity index (χ3v) is 5.48. The van der Waals surface area contributed by atoms with Crippen molar-refractivity contribution in [1.29, 1.82) is 0 Å². The molecule has 1 fully saturated rings. The fourth-order valence-electron chi connectivity index (χ4n) is 2.68. The van der Waals surface area contributed by atoms with Crippen LogP contribution in [0.2, 0.25) is 0 Å². The largest absolute Gasteiger partial charge is 0.336 e. The average Bonchev–Trinajstić information content (AvgIpc) is 2.64. The van der Waals surface area contributed by atoms with Crippen LogP contribution in [0.25, 0.3) is 0 Å². The first kappa shape index (κ1) is 20.2. The minimum atomic E-state index is -3.75. The smallest absolute Gasteiger partial charge is 0.261 e. The second kappa shape index (κ2) is 8.53. The Morgan fingerprint density at radius 2 is 1.73 bits per heavy atom. The van der Waals surface area contributed by atoms with Crippen molar-refractivity contribution in [2.45, 2.75) is 11.8 Å². The number of aryl methyl sites for hydroxylation is 1. The second-order valence-corrected chi connectivity index (χ2v) is 7.72. The van der Waals surface area contributed by atoms with Gasteiger partial charge in [0.15, 0.2) is 0 Å². The number of halogens is 1. The summed E-state index contributed by atoms with van der Waals surface area (Å²) in [5.41, 5.74) is 1.92. The van der Waals surface area contributed by atoms with Gasteiger partial charge in [-0.15, -0.1) is 12.4 Å². The molecule has 0 bridgehead atoms. The highest BCUT2D eigenvalue weighted by atomic mass is 35.5. The molecule has 0 atom stereocenters. The van der Waals surface area contributed by atoms with Crippen LogP contribution >= 0.6 is 12.4 Å². The molecule has 1 heterocycles. The monoisotopic (exact) mass is 395 g/mol. The number of carbonyl (C=O) groups is 1. The number of carbonyl (C=O) groups excluding carboxylic acids is 1. The van der Waals surface area contributed by atoms with Crippen LogP contribution in [0.3, 0.4) is 0 Å². The fourth-order valence-corrected chi connectivity index (χ4v) is 3.79. The number of nitrogens with one attached hydrogen (secondary N) is 2. The summed E-state index contributed by atoms with van der Waals surface area (Å²) in [5, 5.41) is 3.19. The zero-order valence-corrected chi connectivity index (χ0v) is 16.1. The van der Waals surface area contributed by atoms with Crippen molar-refractivity contribution in [3.63, 3.8) is 0 Å². The first-order valence-electron chi connectivity index (χ1n) is 8.15. The van der Waals surface area contributed by atoms with Crippen LogP contribution in [0.15, 0.2) is 53.4 Å². The van der Waals surface area contributed by atoms with Gasteiger partial charge >= 0.3 is 0 Å². The summed E-state index contributed by atoms with van der Waals surface area (Å²) in [6, 6.07) is 13.3. The summed E-state index contributed by atoms with van der Waals surface area (Å²) < 4.78 is 27.7. The van der Waals surface area contributed by atoms with E-state index in [-0.39, 0.29) is 23.2 Å². The molecule has 1 amide bonds. The predicted molar refractivity (Wildman–Crippen MR) is 104 cm³/mol. The number of sulfonamides is 1. The Labute approximate surface area is 160 Å². The Morgan fingerprint density at radius 1 is 1.08 bits per heavy atom. The Hall–Kier alpha value is -2.09. The van der Waals surface area contributed by atoms with E-state index >= 15 is 0 Å². The molecule has 2 N–H and O–H groups in total. The van der Waals surface area contributed by atoms with Gasteiger partial charge in [-0.3, -0.25) is 9.52 Å². The number of hydrogen-bond donors (Lipinski definition) is 2. The predicted octanol–water partition coefficient (Wildman–Crippen LogP) is 2.26. The lowest BCUT2D eigenvalue weighted by Gasteiger charge is -2.27. The zero-order chi connectivity index (χ0) is 17.9. The second-order valence-electron chi connectivity index (χ2n) is 6.04. The first-order chi connectivity index (χ1) is 12.0. The van der Waals surface area contributed by atoms with E-state index in [9.17, 15) is 13.2 Å². The molecular formula is C18H22ClN3O3S. The zero-order valence-electron chi connectivity index (χ0n) is 14.4. The van der Waals surface area contributed by atoms with Gasteiger partial charge < -0.3 is 10.2 Å². The number of hydrogen-bond acceptors (Lipinski definition) is 4. The molecule has 140 valence electrons. The summed E-state index contributed by atoms with van der Waals surface area (Å²) >= 11 is 0. The van der Waals surface area contributed by atoms with E-state index in [0.29, 0.717) is 24.3 Å². The first-order valence-corrected chi connectivity index (χ1v) is 9.63. The number of anilines is 1. The van der Waals surface area contributed by atoms with Gasteiger partial charge in [0.1, 0.15) is 0 Å². The molecule has 0 aliphatic carbocycles. The maximum atomic E-state index is 12.6. The lowest BCUT2D eigenvalue weighted by atomic mass is 10.2. The molecule has 8 heteroatoms. The summed E-state index contributed by atoms with van der Waals surface area (Å²) in [6.45, 7) is 4.68. The van der Waals surface area contributed by atoms with Gasteiger partial charge in [0, 0.05) is 37.4 Å².